The van der Waals surface area contributed by atoms with Crippen LogP contribution < -0.4 is 5.32 Å². The van der Waals surface area contributed by atoms with Gasteiger partial charge in [-0.3, -0.25) is 4.98 Å². The van der Waals surface area contributed by atoms with Gasteiger partial charge in [-0.05, 0) is 23.8 Å². The molecule has 0 fully saturated rings. The van der Waals surface area contributed by atoms with Crippen LogP contribution in [0.2, 0.25) is 0 Å². The number of nitrogens with one attached hydrogen (secondary N) is 2. The number of nitrogens with zero attached hydrogens (tertiary/aromatic N) is 3. The number of amides is 2. The second-order valence-electron chi connectivity index (χ2n) is 6.37. The number of aromatic nitrogens is 3. The zero-order valence-corrected chi connectivity index (χ0v) is 15.3. The quantitative estimate of drug-likeness (QED) is 0.684. The van der Waals surface area contributed by atoms with Crippen molar-refractivity contribution in [1.82, 2.24) is 19.9 Å². The van der Waals surface area contributed by atoms with Crippen molar-refractivity contribution in [3.05, 3.63) is 77.6 Å². The van der Waals surface area contributed by atoms with E-state index < -0.39 is 5.97 Å². The number of carbonyl (C=O) groups is 2. The second-order valence-corrected chi connectivity index (χ2v) is 6.37. The number of hydrogen-bond acceptors (Lipinski definition) is 5. The van der Waals surface area contributed by atoms with Crippen molar-refractivity contribution >= 4 is 17.7 Å². The molecule has 1 atom stereocenters. The number of H-pyrrole nitrogens is 1. The highest BCUT2D eigenvalue weighted by molar-refractivity contribution is 6.01. The molecule has 0 saturated heterocycles. The molecule has 0 saturated carbocycles. The van der Waals surface area contributed by atoms with Gasteiger partial charge < -0.3 is 19.9 Å². The van der Waals surface area contributed by atoms with Crippen LogP contribution in [0.4, 0.5) is 10.5 Å². The summed E-state index contributed by atoms with van der Waals surface area (Å²) >= 11 is 0. The predicted octanol–water partition coefficient (Wildman–Crippen LogP) is 2.77. The van der Waals surface area contributed by atoms with Crippen LogP contribution in [0.1, 0.15) is 33.4 Å². The average Bonchev–Trinajstić information content (AvgIpc) is 3.22. The molecule has 3 aromatic rings. The summed E-state index contributed by atoms with van der Waals surface area (Å²) in [6, 6.07) is 9.82. The molecule has 1 aromatic carbocycles. The molecule has 142 valence electrons. The fourth-order valence-corrected chi connectivity index (χ4v) is 3.44. The monoisotopic (exact) mass is 377 g/mol. The Morgan fingerprint density at radius 2 is 2.11 bits per heavy atom. The van der Waals surface area contributed by atoms with E-state index in [-0.39, 0.29) is 12.1 Å². The van der Waals surface area contributed by atoms with Gasteiger partial charge in [-0.25, -0.2) is 14.6 Å². The van der Waals surface area contributed by atoms with Crippen LogP contribution in [-0.4, -0.2) is 45.5 Å². The Labute approximate surface area is 161 Å². The number of carbonyl (C=O) groups excluding carboxylic acids is 2. The molecule has 1 unspecified atom stereocenters. The lowest BCUT2D eigenvalue weighted by atomic mass is 9.97. The molecular formula is C20H19N5O3. The lowest BCUT2D eigenvalue weighted by Gasteiger charge is -2.35. The van der Waals surface area contributed by atoms with Gasteiger partial charge in [0.25, 0.3) is 0 Å². The minimum atomic E-state index is -0.507. The molecule has 4 rings (SSSR count). The summed E-state index contributed by atoms with van der Waals surface area (Å²) in [6.07, 6.45) is 5.73. The second kappa shape index (κ2) is 7.51. The van der Waals surface area contributed by atoms with Gasteiger partial charge in [-0.2, -0.15) is 0 Å². The maximum absolute atomic E-state index is 13.2. The summed E-state index contributed by atoms with van der Waals surface area (Å²) in [6.45, 7) is 0.501. The topological polar surface area (TPSA) is 100 Å². The van der Waals surface area contributed by atoms with Gasteiger partial charge in [0.2, 0.25) is 0 Å². The normalized spacial score (nSPS) is 15.6. The molecule has 0 aliphatic carbocycles. The molecule has 2 N–H and O–H groups in total. The number of esters is 1. The van der Waals surface area contributed by atoms with Crippen LogP contribution in [0, 0.1) is 0 Å². The van der Waals surface area contributed by atoms with Crippen molar-refractivity contribution in [3.8, 4) is 0 Å². The van der Waals surface area contributed by atoms with E-state index in [2.05, 4.69) is 20.3 Å². The highest BCUT2D eigenvalue weighted by Gasteiger charge is 2.34. The molecule has 2 aromatic heterocycles. The Morgan fingerprint density at radius 1 is 1.25 bits per heavy atom. The Balaban J connectivity index is 1.67. The first-order valence-electron chi connectivity index (χ1n) is 8.86. The predicted molar refractivity (Wildman–Crippen MR) is 102 cm³/mol. The standard InChI is InChI=1S/C20H19N5O3/c1-28-19(26)14-6-2-3-7-15(14)24-20(27)25-10-8-16-17(23-12-22-16)18(25)13-5-4-9-21-11-13/h2-7,9,11-12,18H,8,10H2,1H3,(H,22,23)(H,24,27). The smallest absolute Gasteiger partial charge is 0.339 e. The van der Waals surface area contributed by atoms with E-state index in [1.54, 1.807) is 47.9 Å². The van der Waals surface area contributed by atoms with E-state index in [9.17, 15) is 9.59 Å². The van der Waals surface area contributed by atoms with E-state index in [0.717, 1.165) is 17.0 Å². The highest BCUT2D eigenvalue weighted by atomic mass is 16.5. The number of rotatable bonds is 3. The number of methoxy groups -OCH3 is 1. The number of pyridine rings is 1. The molecule has 1 aliphatic heterocycles. The number of fused-ring (bicyclic) bond motifs is 1. The number of ether oxygens (including phenoxy) is 1. The van der Waals surface area contributed by atoms with E-state index in [1.807, 2.05) is 12.1 Å². The van der Waals surface area contributed by atoms with E-state index in [0.29, 0.717) is 24.2 Å². The summed E-state index contributed by atoms with van der Waals surface area (Å²) < 4.78 is 4.80. The Hall–Kier alpha value is -3.68. The number of para-hydroxylation sites is 1. The molecule has 1 aliphatic rings. The molecule has 8 heteroatoms. The van der Waals surface area contributed by atoms with E-state index in [1.165, 1.54) is 7.11 Å². The van der Waals surface area contributed by atoms with Gasteiger partial charge in [0.05, 0.1) is 30.4 Å². The molecule has 8 nitrogen and oxygen atoms in total. The van der Waals surface area contributed by atoms with E-state index >= 15 is 0 Å². The van der Waals surface area contributed by atoms with Crippen LogP contribution in [0.15, 0.2) is 55.1 Å². The number of anilines is 1. The lowest BCUT2D eigenvalue weighted by Crippen LogP contribution is -2.43. The van der Waals surface area contributed by atoms with Gasteiger partial charge in [0.15, 0.2) is 0 Å². The first-order chi connectivity index (χ1) is 13.7. The number of urea groups is 1. The third-order valence-corrected chi connectivity index (χ3v) is 4.76. The van der Waals surface area contributed by atoms with E-state index in [4.69, 9.17) is 4.74 Å². The maximum atomic E-state index is 13.2. The van der Waals surface area contributed by atoms with Gasteiger partial charge in [-0.1, -0.05) is 18.2 Å². The van der Waals surface area contributed by atoms with Crippen molar-refractivity contribution in [3.63, 3.8) is 0 Å². The minimum absolute atomic E-state index is 0.300. The van der Waals surface area contributed by atoms with Gasteiger partial charge in [-0.15, -0.1) is 0 Å². The fourth-order valence-electron chi connectivity index (χ4n) is 3.44. The summed E-state index contributed by atoms with van der Waals surface area (Å²) in [5.74, 6) is -0.507. The zero-order valence-electron chi connectivity index (χ0n) is 15.3. The van der Waals surface area contributed by atoms with Crippen molar-refractivity contribution in [2.75, 3.05) is 19.0 Å². The first-order valence-corrected chi connectivity index (χ1v) is 8.86. The minimum Gasteiger partial charge on any atom is -0.465 e. The molecule has 28 heavy (non-hydrogen) atoms. The molecule has 0 bridgehead atoms. The average molecular weight is 377 g/mol. The van der Waals surface area contributed by atoms with Gasteiger partial charge >= 0.3 is 12.0 Å². The molecule has 0 spiro atoms. The van der Waals surface area contributed by atoms with Crippen LogP contribution in [-0.2, 0) is 11.2 Å². The third kappa shape index (κ3) is 3.20. The van der Waals surface area contributed by atoms with Gasteiger partial charge in [0, 0.05) is 31.1 Å². The zero-order chi connectivity index (χ0) is 19.5. The van der Waals surface area contributed by atoms with Crippen molar-refractivity contribution in [2.24, 2.45) is 0 Å². The lowest BCUT2D eigenvalue weighted by molar-refractivity contribution is 0.0602. The SMILES string of the molecule is COC(=O)c1ccccc1NC(=O)N1CCc2[nH]cnc2C1c1cccnc1. The Morgan fingerprint density at radius 3 is 2.89 bits per heavy atom. The molecule has 2 amide bonds. The third-order valence-electron chi connectivity index (χ3n) is 4.76. The van der Waals surface area contributed by atoms with Gasteiger partial charge in [0.1, 0.15) is 6.04 Å². The number of benzene rings is 1. The largest absolute Gasteiger partial charge is 0.465 e. The van der Waals surface area contributed by atoms with Crippen molar-refractivity contribution in [2.45, 2.75) is 12.5 Å². The van der Waals surface area contributed by atoms with Crippen LogP contribution in [0.3, 0.4) is 0 Å². The Bertz CT molecular complexity index is 1000. The van der Waals surface area contributed by atoms with Crippen molar-refractivity contribution in [1.29, 1.82) is 0 Å². The molecule has 0 radical (unpaired) electrons. The van der Waals surface area contributed by atoms with Crippen molar-refractivity contribution < 1.29 is 14.3 Å². The number of hydrogen-bond donors (Lipinski definition) is 2. The number of imidazole rings is 1. The number of aromatic amines is 1. The molecule has 3 heterocycles. The highest BCUT2D eigenvalue weighted by Crippen LogP contribution is 2.33. The van der Waals surface area contributed by atoms with Crippen LogP contribution in [0.5, 0.6) is 0 Å². The first kappa shape index (κ1) is 17.7. The summed E-state index contributed by atoms with van der Waals surface area (Å²) in [7, 11) is 1.31. The maximum Gasteiger partial charge on any atom is 0.339 e. The molecular weight excluding hydrogens is 358 g/mol. The fraction of sp³-hybridized carbons (Fsp3) is 0.200. The summed E-state index contributed by atoms with van der Waals surface area (Å²) in [5, 5.41) is 2.85. The summed E-state index contributed by atoms with van der Waals surface area (Å²) in [5.41, 5.74) is 3.38. The summed E-state index contributed by atoms with van der Waals surface area (Å²) in [4.78, 5) is 38.6. The van der Waals surface area contributed by atoms with Crippen LogP contribution >= 0.6 is 0 Å². The Kier molecular flexibility index (Phi) is 4.76. The van der Waals surface area contributed by atoms with Crippen LogP contribution in [0.25, 0.3) is 0 Å².